The summed E-state index contributed by atoms with van der Waals surface area (Å²) in [5, 5.41) is 7.73. The SMILES string of the molecule is CNC1CC12CCc1ccc(-c3cnn(C)c3)cc12.NC1CCCCC1. The van der Waals surface area contributed by atoms with Crippen LogP contribution < -0.4 is 11.1 Å². The highest BCUT2D eigenvalue weighted by atomic mass is 15.2. The van der Waals surface area contributed by atoms with Gasteiger partial charge in [0.1, 0.15) is 0 Å². The van der Waals surface area contributed by atoms with Gasteiger partial charge in [0.25, 0.3) is 0 Å². The molecule has 2 unspecified atom stereocenters. The van der Waals surface area contributed by atoms with Crippen molar-refractivity contribution < 1.29 is 0 Å². The van der Waals surface area contributed by atoms with Gasteiger partial charge in [-0.3, -0.25) is 4.68 Å². The predicted octanol–water partition coefficient (Wildman–Crippen LogP) is 3.54. The summed E-state index contributed by atoms with van der Waals surface area (Å²) in [6.07, 6.45) is 14.5. The largest absolute Gasteiger partial charge is 0.328 e. The third kappa shape index (κ3) is 3.33. The molecule has 1 aromatic carbocycles. The maximum absolute atomic E-state index is 5.63. The molecule has 0 saturated heterocycles. The van der Waals surface area contributed by atoms with Crippen LogP contribution in [0.3, 0.4) is 0 Å². The van der Waals surface area contributed by atoms with Gasteiger partial charge < -0.3 is 11.1 Å². The third-order valence-electron chi connectivity index (χ3n) is 6.60. The van der Waals surface area contributed by atoms with Crippen molar-refractivity contribution in [1.82, 2.24) is 15.1 Å². The fourth-order valence-electron chi connectivity index (χ4n) is 4.89. The van der Waals surface area contributed by atoms with Gasteiger partial charge in [0.05, 0.1) is 6.20 Å². The Bertz CT molecular complexity index is 759. The van der Waals surface area contributed by atoms with Gasteiger partial charge in [-0.05, 0) is 55.8 Å². The Morgan fingerprint density at radius 2 is 2.00 bits per heavy atom. The summed E-state index contributed by atoms with van der Waals surface area (Å²) in [6.45, 7) is 0. The Morgan fingerprint density at radius 1 is 1.19 bits per heavy atom. The summed E-state index contributed by atoms with van der Waals surface area (Å²) >= 11 is 0. The van der Waals surface area contributed by atoms with E-state index in [1.165, 1.54) is 62.5 Å². The van der Waals surface area contributed by atoms with E-state index in [1.807, 2.05) is 17.9 Å². The quantitative estimate of drug-likeness (QED) is 0.869. The molecule has 0 amide bonds. The van der Waals surface area contributed by atoms with Crippen LogP contribution in [0.4, 0.5) is 0 Å². The maximum Gasteiger partial charge on any atom is 0.0568 e. The van der Waals surface area contributed by atoms with Crippen LogP contribution in [-0.2, 0) is 18.9 Å². The molecule has 4 heteroatoms. The number of rotatable bonds is 2. The molecular weight excluding hydrogens is 320 g/mol. The van der Waals surface area contributed by atoms with E-state index in [0.29, 0.717) is 17.5 Å². The first kappa shape index (κ1) is 17.7. The molecule has 1 aromatic heterocycles. The summed E-state index contributed by atoms with van der Waals surface area (Å²) in [5.41, 5.74) is 11.7. The highest BCUT2D eigenvalue weighted by Gasteiger charge is 2.57. The number of nitrogens with two attached hydrogens (primary N) is 1. The number of aromatic nitrogens is 2. The molecule has 3 aliphatic carbocycles. The molecule has 1 spiro atoms. The molecule has 4 nitrogen and oxygen atoms in total. The second-order valence-electron chi connectivity index (χ2n) is 8.37. The van der Waals surface area contributed by atoms with E-state index in [2.05, 4.69) is 41.9 Å². The van der Waals surface area contributed by atoms with E-state index in [0.717, 1.165) is 0 Å². The third-order valence-corrected chi connectivity index (χ3v) is 6.60. The zero-order chi connectivity index (χ0) is 18.1. The normalized spacial score (nSPS) is 27.1. The Labute approximate surface area is 157 Å². The highest BCUT2D eigenvalue weighted by molar-refractivity contribution is 5.66. The highest BCUT2D eigenvalue weighted by Crippen LogP contribution is 2.57. The number of nitrogens with zero attached hydrogens (tertiary/aromatic N) is 2. The van der Waals surface area contributed by atoms with Gasteiger partial charge in [-0.15, -0.1) is 0 Å². The minimum absolute atomic E-state index is 0.433. The second-order valence-corrected chi connectivity index (χ2v) is 8.37. The van der Waals surface area contributed by atoms with Crippen molar-refractivity contribution in [2.45, 2.75) is 68.9 Å². The van der Waals surface area contributed by atoms with Crippen LogP contribution in [0.5, 0.6) is 0 Å². The van der Waals surface area contributed by atoms with Crippen molar-refractivity contribution in [3.63, 3.8) is 0 Å². The molecule has 0 aliphatic heterocycles. The van der Waals surface area contributed by atoms with Gasteiger partial charge in [-0.1, -0.05) is 37.5 Å². The topological polar surface area (TPSA) is 55.9 Å². The van der Waals surface area contributed by atoms with E-state index in [4.69, 9.17) is 5.73 Å². The smallest absolute Gasteiger partial charge is 0.0568 e. The molecule has 140 valence electrons. The molecule has 3 N–H and O–H groups in total. The van der Waals surface area contributed by atoms with Crippen LogP contribution >= 0.6 is 0 Å². The number of fused-ring (bicyclic) bond motifs is 2. The van der Waals surface area contributed by atoms with Crippen LogP contribution in [-0.4, -0.2) is 28.9 Å². The van der Waals surface area contributed by atoms with E-state index >= 15 is 0 Å². The predicted molar refractivity (Wildman–Crippen MR) is 107 cm³/mol. The van der Waals surface area contributed by atoms with E-state index in [9.17, 15) is 0 Å². The van der Waals surface area contributed by atoms with Gasteiger partial charge in [0.2, 0.25) is 0 Å². The first-order valence-electron chi connectivity index (χ1n) is 10.2. The second kappa shape index (κ2) is 7.16. The van der Waals surface area contributed by atoms with E-state index < -0.39 is 0 Å². The van der Waals surface area contributed by atoms with Gasteiger partial charge in [-0.25, -0.2) is 0 Å². The molecule has 2 aromatic rings. The number of aryl methyl sites for hydroxylation is 2. The molecule has 2 atom stereocenters. The van der Waals surface area contributed by atoms with Gasteiger partial charge in [0, 0.05) is 36.3 Å². The van der Waals surface area contributed by atoms with Gasteiger partial charge in [0.15, 0.2) is 0 Å². The minimum Gasteiger partial charge on any atom is -0.328 e. The average molecular weight is 353 g/mol. The molecule has 2 saturated carbocycles. The molecular formula is C22H32N4. The first-order chi connectivity index (χ1) is 12.6. The lowest BCUT2D eigenvalue weighted by atomic mass is 9.94. The monoisotopic (exact) mass is 352 g/mol. The Kier molecular flexibility index (Phi) is 4.89. The zero-order valence-corrected chi connectivity index (χ0v) is 16.2. The number of likely N-dealkylation sites (N-methyl/N-ethyl adjacent to an activating group) is 1. The molecule has 3 aliphatic rings. The summed E-state index contributed by atoms with van der Waals surface area (Å²) in [7, 11) is 4.05. The van der Waals surface area contributed by atoms with E-state index in [1.54, 1.807) is 11.1 Å². The molecule has 26 heavy (non-hydrogen) atoms. The lowest BCUT2D eigenvalue weighted by molar-refractivity contribution is 0.441. The average Bonchev–Trinajstić information content (AvgIpc) is 3.01. The van der Waals surface area contributed by atoms with Gasteiger partial charge in [-0.2, -0.15) is 5.10 Å². The van der Waals surface area contributed by atoms with E-state index in [-0.39, 0.29) is 0 Å². The first-order valence-corrected chi connectivity index (χ1v) is 10.2. The summed E-state index contributed by atoms with van der Waals surface area (Å²) in [6, 6.07) is 8.17. The van der Waals surface area contributed by atoms with Crippen molar-refractivity contribution in [2.75, 3.05) is 7.05 Å². The van der Waals surface area contributed by atoms with Crippen LogP contribution in [0.2, 0.25) is 0 Å². The van der Waals surface area contributed by atoms with Crippen molar-refractivity contribution >= 4 is 0 Å². The number of benzene rings is 1. The standard InChI is InChI=1S/C16H19N3.C6H13N/c1-17-15-8-16(15)6-5-11-3-4-12(7-14(11)16)13-9-18-19(2)10-13;7-6-4-2-1-3-5-6/h3-4,7,9-10,15,17H,5-6,8H2,1-2H3;6H,1-5,7H2. The number of nitrogens with one attached hydrogen (secondary N) is 1. The summed E-state index contributed by atoms with van der Waals surface area (Å²) < 4.78 is 1.87. The van der Waals surface area contributed by atoms with Crippen LogP contribution in [0.15, 0.2) is 30.6 Å². The molecule has 2 fully saturated rings. The summed E-state index contributed by atoms with van der Waals surface area (Å²) in [5.74, 6) is 0. The molecule has 5 rings (SSSR count). The summed E-state index contributed by atoms with van der Waals surface area (Å²) in [4.78, 5) is 0. The molecule has 1 heterocycles. The maximum atomic E-state index is 5.63. The Morgan fingerprint density at radius 3 is 2.58 bits per heavy atom. The van der Waals surface area contributed by atoms with Crippen LogP contribution in [0.25, 0.3) is 11.1 Å². The van der Waals surface area contributed by atoms with Gasteiger partial charge >= 0.3 is 0 Å². The van der Waals surface area contributed by atoms with Crippen LogP contribution in [0.1, 0.15) is 56.1 Å². The van der Waals surface area contributed by atoms with Crippen LogP contribution in [0, 0.1) is 0 Å². The Balaban J connectivity index is 0.000000204. The molecule has 0 bridgehead atoms. The number of hydrogen-bond donors (Lipinski definition) is 2. The van der Waals surface area contributed by atoms with Crippen molar-refractivity contribution in [3.05, 3.63) is 41.7 Å². The lowest BCUT2D eigenvalue weighted by Crippen LogP contribution is -2.22. The lowest BCUT2D eigenvalue weighted by Gasteiger charge is -2.15. The van der Waals surface area contributed by atoms with Crippen molar-refractivity contribution in [2.24, 2.45) is 12.8 Å². The minimum atomic E-state index is 0.433. The number of hydrogen-bond acceptors (Lipinski definition) is 3. The fourth-order valence-corrected chi connectivity index (χ4v) is 4.89. The van der Waals surface area contributed by atoms with Crippen molar-refractivity contribution in [3.8, 4) is 11.1 Å². The fraction of sp³-hybridized carbons (Fsp3) is 0.591. The van der Waals surface area contributed by atoms with Crippen molar-refractivity contribution in [1.29, 1.82) is 0 Å². The Hall–Kier alpha value is -1.65. The zero-order valence-electron chi connectivity index (χ0n) is 16.2. The molecule has 0 radical (unpaired) electrons.